The third kappa shape index (κ3) is 3.21. The van der Waals surface area contributed by atoms with E-state index in [1.165, 1.54) is 10.6 Å². The van der Waals surface area contributed by atoms with Crippen molar-refractivity contribution in [3.8, 4) is 5.69 Å². The summed E-state index contributed by atoms with van der Waals surface area (Å²) in [5, 5.41) is 0. The Labute approximate surface area is 152 Å². The normalized spacial score (nSPS) is 15.5. The minimum atomic E-state index is -0.696. The maximum Gasteiger partial charge on any atom is 0.343 e. The maximum atomic E-state index is 13.1. The van der Waals surface area contributed by atoms with Crippen LogP contribution in [0.15, 0.2) is 35.1 Å². The summed E-state index contributed by atoms with van der Waals surface area (Å²) in [4.78, 5) is 38.1. The molecule has 1 aromatic heterocycles. The van der Waals surface area contributed by atoms with E-state index in [0.717, 1.165) is 5.56 Å². The number of Topliss-reactive ketones (excluding diaryl/α,β-unsaturated/α-hetero) is 1. The van der Waals surface area contributed by atoms with Gasteiger partial charge in [0.1, 0.15) is 5.56 Å². The van der Waals surface area contributed by atoms with Crippen molar-refractivity contribution in [2.75, 3.05) is 6.61 Å². The molecule has 1 aliphatic carbocycles. The number of ketones is 1. The average molecular weight is 353 g/mol. The summed E-state index contributed by atoms with van der Waals surface area (Å²) in [6.07, 6.45) is 0.967. The molecule has 0 atom stereocenters. The predicted molar refractivity (Wildman–Crippen MR) is 99.2 cm³/mol. The van der Waals surface area contributed by atoms with Gasteiger partial charge in [-0.15, -0.1) is 0 Å². The Bertz CT molecular complexity index is 936. The summed E-state index contributed by atoms with van der Waals surface area (Å²) in [6, 6.07) is 8.88. The number of aryl methyl sites for hydroxylation is 1. The number of fused-ring (bicyclic) bond motifs is 1. The van der Waals surface area contributed by atoms with E-state index in [1.807, 2.05) is 45.0 Å². The van der Waals surface area contributed by atoms with Gasteiger partial charge in [-0.1, -0.05) is 31.5 Å². The molecule has 1 aliphatic rings. The number of pyridine rings is 1. The number of carbonyl (C=O) groups excluding carboxylic acids is 2. The Morgan fingerprint density at radius 3 is 2.42 bits per heavy atom. The van der Waals surface area contributed by atoms with E-state index in [9.17, 15) is 14.4 Å². The van der Waals surface area contributed by atoms with Gasteiger partial charge >= 0.3 is 5.97 Å². The Morgan fingerprint density at radius 1 is 1.15 bits per heavy atom. The van der Waals surface area contributed by atoms with Gasteiger partial charge in [-0.3, -0.25) is 14.2 Å². The Kier molecular flexibility index (Phi) is 4.57. The van der Waals surface area contributed by atoms with E-state index in [1.54, 1.807) is 6.92 Å². The lowest BCUT2D eigenvalue weighted by Crippen LogP contribution is -2.36. The zero-order valence-electron chi connectivity index (χ0n) is 15.6. The number of hydrogen-bond donors (Lipinski definition) is 0. The molecule has 0 spiro atoms. The van der Waals surface area contributed by atoms with E-state index < -0.39 is 11.5 Å². The van der Waals surface area contributed by atoms with Crippen molar-refractivity contribution in [3.63, 3.8) is 0 Å². The summed E-state index contributed by atoms with van der Waals surface area (Å²) in [5.74, 6) is -0.749. The highest BCUT2D eigenvalue weighted by molar-refractivity contribution is 6.01. The molecular weight excluding hydrogens is 330 g/mol. The SMILES string of the molecule is CCOC(=O)c1cc2c(n(-c3ccc(C)cc3)c1=O)CC(C)(C)CC2=O. The van der Waals surface area contributed by atoms with Crippen molar-refractivity contribution in [1.82, 2.24) is 4.57 Å². The molecule has 0 bridgehead atoms. The second-order valence-corrected chi connectivity index (χ2v) is 7.56. The fraction of sp³-hybridized carbons (Fsp3) is 0.381. The third-order valence-electron chi connectivity index (χ3n) is 4.68. The molecule has 3 rings (SSSR count). The van der Waals surface area contributed by atoms with Crippen LogP contribution >= 0.6 is 0 Å². The lowest BCUT2D eigenvalue weighted by atomic mass is 9.75. The third-order valence-corrected chi connectivity index (χ3v) is 4.68. The van der Waals surface area contributed by atoms with Crippen LogP contribution in [0.25, 0.3) is 5.69 Å². The monoisotopic (exact) mass is 353 g/mol. The van der Waals surface area contributed by atoms with Gasteiger partial charge in [0.15, 0.2) is 5.78 Å². The van der Waals surface area contributed by atoms with Crippen molar-refractivity contribution < 1.29 is 14.3 Å². The number of nitrogens with zero attached hydrogens (tertiary/aromatic N) is 1. The molecule has 0 fully saturated rings. The maximum absolute atomic E-state index is 13.1. The number of carbonyl (C=O) groups is 2. The second kappa shape index (κ2) is 6.56. The van der Waals surface area contributed by atoms with Crippen LogP contribution in [0, 0.1) is 12.3 Å². The number of benzene rings is 1. The average Bonchev–Trinajstić information content (AvgIpc) is 2.55. The quantitative estimate of drug-likeness (QED) is 0.793. The van der Waals surface area contributed by atoms with Gasteiger partial charge in [0.25, 0.3) is 5.56 Å². The van der Waals surface area contributed by atoms with Gasteiger partial charge in [0.05, 0.1) is 6.61 Å². The lowest BCUT2D eigenvalue weighted by Gasteiger charge is -2.32. The van der Waals surface area contributed by atoms with Crippen LogP contribution in [-0.2, 0) is 11.2 Å². The Morgan fingerprint density at radius 2 is 1.81 bits per heavy atom. The van der Waals surface area contributed by atoms with Gasteiger partial charge < -0.3 is 4.74 Å². The van der Waals surface area contributed by atoms with Crippen LogP contribution in [0.1, 0.15) is 59.2 Å². The molecule has 5 heteroatoms. The molecule has 1 heterocycles. The number of ether oxygens (including phenoxy) is 1. The van der Waals surface area contributed by atoms with Crippen LogP contribution in [0.4, 0.5) is 0 Å². The fourth-order valence-corrected chi connectivity index (χ4v) is 3.44. The summed E-state index contributed by atoms with van der Waals surface area (Å²) in [5.41, 5.74) is 2.02. The zero-order chi connectivity index (χ0) is 19.1. The minimum absolute atomic E-state index is 0.0531. The van der Waals surface area contributed by atoms with Gasteiger partial charge in [0.2, 0.25) is 0 Å². The number of hydrogen-bond acceptors (Lipinski definition) is 4. The van der Waals surface area contributed by atoms with Crippen molar-refractivity contribution in [2.24, 2.45) is 5.41 Å². The molecule has 0 radical (unpaired) electrons. The van der Waals surface area contributed by atoms with Crippen LogP contribution in [0.3, 0.4) is 0 Å². The van der Waals surface area contributed by atoms with Crippen LogP contribution in [0.2, 0.25) is 0 Å². The summed E-state index contributed by atoms with van der Waals surface area (Å²) < 4.78 is 6.52. The first kappa shape index (κ1) is 18.1. The molecule has 2 aromatic rings. The van der Waals surface area contributed by atoms with Crippen LogP contribution in [0.5, 0.6) is 0 Å². The van der Waals surface area contributed by atoms with Gasteiger partial charge in [0, 0.05) is 23.4 Å². The van der Waals surface area contributed by atoms with Crippen molar-refractivity contribution in [3.05, 3.63) is 63.1 Å². The molecule has 136 valence electrons. The molecule has 5 nitrogen and oxygen atoms in total. The summed E-state index contributed by atoms with van der Waals surface area (Å²) >= 11 is 0. The van der Waals surface area contributed by atoms with E-state index in [2.05, 4.69) is 0 Å². The molecule has 0 N–H and O–H groups in total. The highest BCUT2D eigenvalue weighted by atomic mass is 16.5. The molecule has 0 saturated heterocycles. The van der Waals surface area contributed by atoms with E-state index >= 15 is 0 Å². The van der Waals surface area contributed by atoms with Crippen molar-refractivity contribution in [1.29, 1.82) is 0 Å². The Balaban J connectivity index is 2.32. The molecular formula is C21H23NO4. The predicted octanol–water partition coefficient (Wildman–Crippen LogP) is 3.48. The highest BCUT2D eigenvalue weighted by Crippen LogP contribution is 2.35. The first-order valence-electron chi connectivity index (χ1n) is 8.80. The standard InChI is InChI=1S/C21H23NO4/c1-5-26-20(25)16-10-15-17(11-21(3,4)12-18(15)23)22(19(16)24)14-8-6-13(2)7-9-14/h6-10H,5,11-12H2,1-4H3. The topological polar surface area (TPSA) is 65.4 Å². The molecule has 0 amide bonds. The molecule has 0 saturated carbocycles. The Hall–Kier alpha value is -2.69. The molecule has 0 aliphatic heterocycles. The number of aromatic nitrogens is 1. The first-order chi connectivity index (χ1) is 12.2. The van der Waals surface area contributed by atoms with Crippen molar-refractivity contribution in [2.45, 2.75) is 40.5 Å². The highest BCUT2D eigenvalue weighted by Gasteiger charge is 2.35. The van der Waals surface area contributed by atoms with Crippen molar-refractivity contribution >= 4 is 11.8 Å². The largest absolute Gasteiger partial charge is 0.462 e. The summed E-state index contributed by atoms with van der Waals surface area (Å²) in [6.45, 7) is 7.83. The zero-order valence-corrected chi connectivity index (χ0v) is 15.6. The van der Waals surface area contributed by atoms with Gasteiger partial charge in [-0.25, -0.2) is 4.79 Å². The molecule has 26 heavy (non-hydrogen) atoms. The summed E-state index contributed by atoms with van der Waals surface area (Å²) in [7, 11) is 0. The van der Waals surface area contributed by atoms with E-state index in [-0.39, 0.29) is 23.4 Å². The van der Waals surface area contributed by atoms with Crippen LogP contribution in [-0.4, -0.2) is 22.9 Å². The molecule has 0 unspecified atom stereocenters. The number of rotatable bonds is 3. The molecule has 1 aromatic carbocycles. The van der Waals surface area contributed by atoms with Crippen LogP contribution < -0.4 is 5.56 Å². The first-order valence-corrected chi connectivity index (χ1v) is 8.80. The lowest BCUT2D eigenvalue weighted by molar-refractivity contribution is 0.0523. The fourth-order valence-electron chi connectivity index (χ4n) is 3.44. The second-order valence-electron chi connectivity index (χ2n) is 7.56. The van der Waals surface area contributed by atoms with E-state index in [4.69, 9.17) is 4.74 Å². The number of esters is 1. The smallest absolute Gasteiger partial charge is 0.343 e. The minimum Gasteiger partial charge on any atom is -0.462 e. The van der Waals surface area contributed by atoms with E-state index in [0.29, 0.717) is 29.8 Å². The van der Waals surface area contributed by atoms with Gasteiger partial charge in [-0.05, 0) is 43.9 Å². The van der Waals surface area contributed by atoms with Gasteiger partial charge in [-0.2, -0.15) is 0 Å².